The average molecular weight is 296 g/mol. The van der Waals surface area contributed by atoms with Crippen molar-refractivity contribution in [3.05, 3.63) is 35.4 Å². The second-order valence-electron chi connectivity index (χ2n) is 5.77. The van der Waals surface area contributed by atoms with Gasteiger partial charge in [-0.1, -0.05) is 24.6 Å². The second-order valence-corrected chi connectivity index (χ2v) is 7.38. The number of hydrogen-bond donors (Lipinski definition) is 0. The maximum Gasteiger partial charge on any atom is 0.263 e. The molecule has 2 aliphatic rings. The van der Waals surface area contributed by atoms with Gasteiger partial charge in [0.25, 0.3) is 6.43 Å². The van der Waals surface area contributed by atoms with Gasteiger partial charge < -0.3 is 0 Å². The molecule has 0 saturated carbocycles. The van der Waals surface area contributed by atoms with Crippen molar-refractivity contribution in [3.8, 4) is 0 Å². The minimum atomic E-state index is -2.51. The summed E-state index contributed by atoms with van der Waals surface area (Å²) in [4.78, 5) is 12.6. The fourth-order valence-corrected chi connectivity index (χ4v) is 5.17. The summed E-state index contributed by atoms with van der Waals surface area (Å²) in [5.74, 6) is 0.0872. The van der Waals surface area contributed by atoms with E-state index in [1.165, 1.54) is 31.4 Å². The zero-order chi connectivity index (χ0) is 14.1. The van der Waals surface area contributed by atoms with Gasteiger partial charge in [0.15, 0.2) is 5.78 Å². The van der Waals surface area contributed by atoms with Crippen LogP contribution in [0.15, 0.2) is 24.3 Å². The third-order valence-corrected chi connectivity index (χ3v) is 5.95. The van der Waals surface area contributed by atoms with Crippen LogP contribution < -0.4 is 0 Å². The molecule has 2 fully saturated rings. The van der Waals surface area contributed by atoms with Crippen LogP contribution in [0.1, 0.15) is 54.5 Å². The Bertz CT molecular complexity index is 491. The van der Waals surface area contributed by atoms with Crippen LogP contribution in [0.25, 0.3) is 0 Å². The standard InChI is InChI=1S/C16H18F2OS/c17-16(18)11-4-1-3-10(7-11)15(19)12-8-13-5-2-6-14(9-12)20-13/h1,3-4,7,12-14,16H,2,5-6,8-9H2. The van der Waals surface area contributed by atoms with Gasteiger partial charge in [-0.3, -0.25) is 4.79 Å². The Labute approximate surface area is 122 Å². The van der Waals surface area contributed by atoms with Gasteiger partial charge in [-0.05, 0) is 31.7 Å². The van der Waals surface area contributed by atoms with Crippen molar-refractivity contribution in [1.82, 2.24) is 0 Å². The highest BCUT2D eigenvalue weighted by molar-refractivity contribution is 8.00. The lowest BCUT2D eigenvalue weighted by Crippen LogP contribution is -2.32. The number of alkyl halides is 2. The number of benzene rings is 1. The van der Waals surface area contributed by atoms with Crippen molar-refractivity contribution in [2.75, 3.05) is 0 Å². The number of thioether (sulfide) groups is 1. The molecule has 3 rings (SSSR count). The molecule has 0 aromatic heterocycles. The smallest absolute Gasteiger partial charge is 0.263 e. The van der Waals surface area contributed by atoms with E-state index >= 15 is 0 Å². The van der Waals surface area contributed by atoms with Gasteiger partial charge in [-0.2, -0.15) is 11.8 Å². The predicted octanol–water partition coefficient (Wildman–Crippen LogP) is 4.87. The molecule has 108 valence electrons. The van der Waals surface area contributed by atoms with E-state index in [1.807, 2.05) is 11.8 Å². The Balaban J connectivity index is 1.77. The number of fused-ring (bicyclic) bond motifs is 2. The first kappa shape index (κ1) is 14.1. The summed E-state index contributed by atoms with van der Waals surface area (Å²) in [5.41, 5.74) is 0.402. The van der Waals surface area contributed by atoms with Crippen molar-refractivity contribution >= 4 is 17.5 Å². The van der Waals surface area contributed by atoms with Gasteiger partial charge in [0.05, 0.1) is 0 Å². The first-order valence-corrected chi connectivity index (χ1v) is 8.15. The van der Waals surface area contributed by atoms with Crippen LogP contribution in [0.4, 0.5) is 8.78 Å². The number of rotatable bonds is 3. The number of hydrogen-bond acceptors (Lipinski definition) is 2. The molecule has 2 bridgehead atoms. The first-order valence-electron chi connectivity index (χ1n) is 7.21. The van der Waals surface area contributed by atoms with Crippen LogP contribution in [0.3, 0.4) is 0 Å². The molecule has 2 aliphatic heterocycles. The van der Waals surface area contributed by atoms with Gasteiger partial charge in [-0.15, -0.1) is 0 Å². The van der Waals surface area contributed by atoms with Gasteiger partial charge in [-0.25, -0.2) is 8.78 Å². The molecule has 0 aliphatic carbocycles. The highest BCUT2D eigenvalue weighted by atomic mass is 32.2. The van der Waals surface area contributed by atoms with Crippen molar-refractivity contribution < 1.29 is 13.6 Å². The summed E-state index contributed by atoms with van der Waals surface area (Å²) < 4.78 is 25.5. The molecule has 0 radical (unpaired) electrons. The number of carbonyl (C=O) groups is 1. The highest BCUT2D eigenvalue weighted by Gasteiger charge is 2.35. The van der Waals surface area contributed by atoms with Crippen LogP contribution in [-0.4, -0.2) is 16.3 Å². The van der Waals surface area contributed by atoms with E-state index in [1.54, 1.807) is 12.1 Å². The molecule has 4 heteroatoms. The van der Waals surface area contributed by atoms with Gasteiger partial charge >= 0.3 is 0 Å². The largest absolute Gasteiger partial charge is 0.294 e. The predicted molar refractivity (Wildman–Crippen MR) is 77.5 cm³/mol. The molecular formula is C16H18F2OS. The van der Waals surface area contributed by atoms with Crippen molar-refractivity contribution in [2.24, 2.45) is 5.92 Å². The molecule has 0 amide bonds. The lowest BCUT2D eigenvalue weighted by atomic mass is 9.84. The van der Waals surface area contributed by atoms with E-state index in [2.05, 4.69) is 0 Å². The Hall–Kier alpha value is -0.900. The molecule has 2 saturated heterocycles. The molecule has 2 atom stereocenters. The number of ketones is 1. The highest BCUT2D eigenvalue weighted by Crippen LogP contribution is 2.44. The van der Waals surface area contributed by atoms with Gasteiger partial charge in [0, 0.05) is 27.5 Å². The molecule has 1 aromatic carbocycles. The van der Waals surface area contributed by atoms with Crippen LogP contribution in [0.2, 0.25) is 0 Å². The first-order chi connectivity index (χ1) is 9.63. The minimum Gasteiger partial charge on any atom is -0.294 e. The molecule has 0 spiro atoms. The monoisotopic (exact) mass is 296 g/mol. The Morgan fingerprint density at radius 1 is 1.20 bits per heavy atom. The van der Waals surface area contributed by atoms with Gasteiger partial charge in [0.2, 0.25) is 0 Å². The molecular weight excluding hydrogens is 278 g/mol. The fourth-order valence-electron chi connectivity index (χ4n) is 3.34. The third kappa shape index (κ3) is 2.90. The Morgan fingerprint density at radius 3 is 2.55 bits per heavy atom. The lowest BCUT2D eigenvalue weighted by molar-refractivity contribution is 0.0896. The van der Waals surface area contributed by atoms with Crippen LogP contribution in [0.5, 0.6) is 0 Å². The van der Waals surface area contributed by atoms with E-state index < -0.39 is 6.43 Å². The van der Waals surface area contributed by atoms with E-state index in [0.29, 0.717) is 16.1 Å². The average Bonchev–Trinajstić information content (AvgIpc) is 2.46. The second kappa shape index (κ2) is 5.84. The molecule has 1 nitrogen and oxygen atoms in total. The van der Waals surface area contributed by atoms with Gasteiger partial charge in [0.1, 0.15) is 0 Å². The zero-order valence-corrected chi connectivity index (χ0v) is 12.0. The van der Waals surface area contributed by atoms with Crippen molar-refractivity contribution in [2.45, 2.75) is 49.0 Å². The summed E-state index contributed by atoms with van der Waals surface area (Å²) in [7, 11) is 0. The van der Waals surface area contributed by atoms with E-state index in [9.17, 15) is 13.6 Å². The molecule has 2 heterocycles. The van der Waals surface area contributed by atoms with E-state index in [0.717, 1.165) is 12.8 Å². The third-order valence-electron chi connectivity index (χ3n) is 4.33. The maximum atomic E-state index is 12.7. The summed E-state index contributed by atoms with van der Waals surface area (Å²) in [6.45, 7) is 0. The van der Waals surface area contributed by atoms with E-state index in [-0.39, 0.29) is 17.3 Å². The SMILES string of the molecule is O=C(c1cccc(C(F)F)c1)C1CC2CCCC(C1)S2. The summed E-state index contributed by atoms with van der Waals surface area (Å²) >= 11 is 2.03. The summed E-state index contributed by atoms with van der Waals surface area (Å²) in [6, 6.07) is 5.98. The van der Waals surface area contributed by atoms with Crippen LogP contribution >= 0.6 is 11.8 Å². The number of halogens is 2. The lowest BCUT2D eigenvalue weighted by Gasteiger charge is -2.38. The molecule has 0 N–H and O–H groups in total. The molecule has 1 aromatic rings. The quantitative estimate of drug-likeness (QED) is 0.740. The zero-order valence-electron chi connectivity index (χ0n) is 11.2. The van der Waals surface area contributed by atoms with Crippen LogP contribution in [0, 0.1) is 5.92 Å². The summed E-state index contributed by atoms with van der Waals surface area (Å²) in [5, 5.41) is 1.18. The minimum absolute atomic E-state index is 0.0273. The summed E-state index contributed by atoms with van der Waals surface area (Å²) in [6.07, 6.45) is 2.98. The molecule has 20 heavy (non-hydrogen) atoms. The van der Waals surface area contributed by atoms with Crippen molar-refractivity contribution in [3.63, 3.8) is 0 Å². The fraction of sp³-hybridized carbons (Fsp3) is 0.562. The Kier molecular flexibility index (Phi) is 4.11. The topological polar surface area (TPSA) is 17.1 Å². The normalized spacial score (nSPS) is 29.4. The van der Waals surface area contributed by atoms with Crippen LogP contribution in [-0.2, 0) is 0 Å². The number of Topliss-reactive ketones (excluding diaryl/α,β-unsaturated/α-hetero) is 1. The number of carbonyl (C=O) groups excluding carboxylic acids is 1. The van der Waals surface area contributed by atoms with Crippen molar-refractivity contribution in [1.29, 1.82) is 0 Å². The maximum absolute atomic E-state index is 12.7. The Morgan fingerprint density at radius 2 is 1.90 bits per heavy atom. The van der Waals surface area contributed by atoms with E-state index in [4.69, 9.17) is 0 Å². The molecule has 2 unspecified atom stereocenters.